The van der Waals surface area contributed by atoms with E-state index in [4.69, 9.17) is 4.74 Å². The van der Waals surface area contributed by atoms with Crippen LogP contribution in [0.3, 0.4) is 0 Å². The number of carbonyl (C=O) groups is 1. The fourth-order valence-electron chi connectivity index (χ4n) is 3.63. The van der Waals surface area contributed by atoms with Crippen molar-refractivity contribution in [2.24, 2.45) is 0 Å². The van der Waals surface area contributed by atoms with Crippen LogP contribution in [0.4, 0.5) is 10.1 Å². The highest BCUT2D eigenvalue weighted by atomic mass is 19.1. The molecule has 0 bridgehead atoms. The fourth-order valence-corrected chi connectivity index (χ4v) is 3.63. The number of benzene rings is 2. The first-order chi connectivity index (χ1) is 13.7. The lowest BCUT2D eigenvalue weighted by atomic mass is 9.98. The van der Waals surface area contributed by atoms with Gasteiger partial charge in [-0.25, -0.2) is 4.39 Å². The molecular formula is C22H28FN3O2. The largest absolute Gasteiger partial charge is 0.383 e. The Kier molecular flexibility index (Phi) is 7.54. The second-order valence-corrected chi connectivity index (χ2v) is 7.07. The molecule has 1 aliphatic rings. The van der Waals surface area contributed by atoms with Crippen molar-refractivity contribution in [3.63, 3.8) is 0 Å². The van der Waals surface area contributed by atoms with Crippen LogP contribution in [0.1, 0.15) is 24.4 Å². The van der Waals surface area contributed by atoms with E-state index in [0.29, 0.717) is 18.3 Å². The first-order valence-electron chi connectivity index (χ1n) is 9.75. The molecule has 1 heterocycles. The lowest BCUT2D eigenvalue weighted by Crippen LogP contribution is -2.47. The lowest BCUT2D eigenvalue weighted by molar-refractivity contribution is -0.122. The normalized spacial score (nSPS) is 16.6. The predicted molar refractivity (Wildman–Crippen MR) is 109 cm³/mol. The topological polar surface area (TPSA) is 53.6 Å². The molecule has 3 rings (SSSR count). The molecule has 2 N–H and O–H groups in total. The number of carbonyl (C=O) groups excluding carboxylic acids is 1. The summed E-state index contributed by atoms with van der Waals surface area (Å²) in [5, 5.41) is 6.45. The van der Waals surface area contributed by atoms with Gasteiger partial charge in [0, 0.05) is 38.5 Å². The number of likely N-dealkylation sites (tertiary alicyclic amines) is 1. The van der Waals surface area contributed by atoms with Gasteiger partial charge in [-0.15, -0.1) is 0 Å². The van der Waals surface area contributed by atoms with E-state index in [-0.39, 0.29) is 17.8 Å². The second-order valence-electron chi connectivity index (χ2n) is 7.07. The number of halogens is 1. The fraction of sp³-hybridized carbons (Fsp3) is 0.409. The zero-order chi connectivity index (χ0) is 19.8. The molecule has 1 unspecified atom stereocenters. The van der Waals surface area contributed by atoms with Gasteiger partial charge in [0.05, 0.1) is 6.61 Å². The van der Waals surface area contributed by atoms with Gasteiger partial charge in [-0.1, -0.05) is 30.3 Å². The Balaban J connectivity index is 1.68. The van der Waals surface area contributed by atoms with Crippen molar-refractivity contribution in [3.05, 3.63) is 66.0 Å². The molecule has 2 aromatic rings. The molecule has 1 amide bonds. The highest BCUT2D eigenvalue weighted by Gasteiger charge is 2.31. The Morgan fingerprint density at radius 1 is 1.14 bits per heavy atom. The van der Waals surface area contributed by atoms with Crippen LogP contribution in [0.25, 0.3) is 0 Å². The van der Waals surface area contributed by atoms with Gasteiger partial charge in [0.25, 0.3) is 0 Å². The van der Waals surface area contributed by atoms with E-state index in [9.17, 15) is 9.18 Å². The summed E-state index contributed by atoms with van der Waals surface area (Å²) >= 11 is 0. The summed E-state index contributed by atoms with van der Waals surface area (Å²) in [7, 11) is 1.70. The molecule has 1 saturated heterocycles. The van der Waals surface area contributed by atoms with Gasteiger partial charge >= 0.3 is 0 Å². The molecule has 150 valence electrons. The molecule has 1 fully saturated rings. The van der Waals surface area contributed by atoms with E-state index in [0.717, 1.165) is 38.0 Å². The van der Waals surface area contributed by atoms with Crippen LogP contribution in [0, 0.1) is 5.82 Å². The van der Waals surface area contributed by atoms with Gasteiger partial charge in [0.2, 0.25) is 5.91 Å². The molecule has 2 aromatic carbocycles. The van der Waals surface area contributed by atoms with Gasteiger partial charge in [0.1, 0.15) is 11.9 Å². The Hall–Kier alpha value is -2.28. The van der Waals surface area contributed by atoms with Gasteiger partial charge in [-0.3, -0.25) is 9.69 Å². The average molecular weight is 385 g/mol. The van der Waals surface area contributed by atoms with Gasteiger partial charge in [0.15, 0.2) is 0 Å². The minimum atomic E-state index is -0.369. The van der Waals surface area contributed by atoms with Crippen molar-refractivity contribution in [1.82, 2.24) is 10.2 Å². The van der Waals surface area contributed by atoms with Crippen molar-refractivity contribution in [2.75, 3.05) is 38.7 Å². The number of methoxy groups -OCH3 is 1. The third kappa shape index (κ3) is 5.61. The zero-order valence-corrected chi connectivity index (χ0v) is 16.2. The van der Waals surface area contributed by atoms with E-state index in [1.165, 1.54) is 12.1 Å². The third-order valence-corrected chi connectivity index (χ3v) is 5.11. The molecular weight excluding hydrogens is 357 g/mol. The first kappa shape index (κ1) is 20.5. The molecule has 0 radical (unpaired) electrons. The summed E-state index contributed by atoms with van der Waals surface area (Å²) < 4.78 is 18.2. The standard InChI is InChI=1S/C22H28FN3O2/c1-28-16-13-24-19-11-14-26(15-12-19)21(17-5-3-2-4-6-17)22(27)25-20-9-7-18(23)8-10-20/h2-10,19,21,24H,11-16H2,1H3,(H,25,27). The van der Waals surface area contributed by atoms with Crippen molar-refractivity contribution >= 4 is 11.6 Å². The monoisotopic (exact) mass is 385 g/mol. The first-order valence-corrected chi connectivity index (χ1v) is 9.75. The highest BCUT2D eigenvalue weighted by molar-refractivity contribution is 5.95. The predicted octanol–water partition coefficient (Wildman–Crippen LogP) is 3.21. The van der Waals surface area contributed by atoms with Crippen LogP contribution in [0.2, 0.25) is 0 Å². The summed E-state index contributed by atoms with van der Waals surface area (Å²) in [5.74, 6) is -0.413. The maximum absolute atomic E-state index is 13.2. The van der Waals surface area contributed by atoms with E-state index in [1.54, 1.807) is 19.2 Å². The Labute approximate surface area is 165 Å². The molecule has 1 aliphatic heterocycles. The van der Waals surface area contributed by atoms with Crippen LogP contribution in [-0.4, -0.2) is 50.2 Å². The Morgan fingerprint density at radius 3 is 2.46 bits per heavy atom. The Bertz CT molecular complexity index is 731. The summed E-state index contributed by atoms with van der Waals surface area (Å²) in [6, 6.07) is 15.8. The van der Waals surface area contributed by atoms with Gasteiger partial charge < -0.3 is 15.4 Å². The van der Waals surface area contributed by atoms with Crippen LogP contribution in [0.5, 0.6) is 0 Å². The zero-order valence-electron chi connectivity index (χ0n) is 16.2. The number of hydrogen-bond acceptors (Lipinski definition) is 4. The minimum Gasteiger partial charge on any atom is -0.383 e. The quantitative estimate of drug-likeness (QED) is 0.685. The third-order valence-electron chi connectivity index (χ3n) is 5.11. The van der Waals surface area contributed by atoms with Crippen LogP contribution < -0.4 is 10.6 Å². The van der Waals surface area contributed by atoms with E-state index < -0.39 is 0 Å². The van der Waals surface area contributed by atoms with Crippen LogP contribution >= 0.6 is 0 Å². The smallest absolute Gasteiger partial charge is 0.246 e. The summed E-state index contributed by atoms with van der Waals surface area (Å²) in [5.41, 5.74) is 1.57. The van der Waals surface area contributed by atoms with Crippen LogP contribution in [-0.2, 0) is 9.53 Å². The molecule has 0 spiro atoms. The van der Waals surface area contributed by atoms with Crippen molar-refractivity contribution < 1.29 is 13.9 Å². The summed E-state index contributed by atoms with van der Waals surface area (Å²) in [6.07, 6.45) is 1.97. The summed E-state index contributed by atoms with van der Waals surface area (Å²) in [4.78, 5) is 15.3. The van der Waals surface area contributed by atoms with Gasteiger partial charge in [-0.2, -0.15) is 0 Å². The SMILES string of the molecule is COCCNC1CCN(C(C(=O)Nc2ccc(F)cc2)c2ccccc2)CC1. The number of piperidine rings is 1. The van der Waals surface area contributed by atoms with E-state index in [1.807, 2.05) is 30.3 Å². The summed E-state index contributed by atoms with van der Waals surface area (Å²) in [6.45, 7) is 3.21. The van der Waals surface area contributed by atoms with Crippen molar-refractivity contribution in [2.45, 2.75) is 24.9 Å². The molecule has 1 atom stereocenters. The van der Waals surface area contributed by atoms with E-state index >= 15 is 0 Å². The number of nitrogens with zero attached hydrogens (tertiary/aromatic N) is 1. The van der Waals surface area contributed by atoms with Crippen LogP contribution in [0.15, 0.2) is 54.6 Å². The Morgan fingerprint density at radius 2 is 1.82 bits per heavy atom. The van der Waals surface area contributed by atoms with Crippen molar-refractivity contribution in [1.29, 1.82) is 0 Å². The number of ether oxygens (including phenoxy) is 1. The number of amides is 1. The maximum atomic E-state index is 13.2. The van der Waals surface area contributed by atoms with Crippen molar-refractivity contribution in [3.8, 4) is 0 Å². The maximum Gasteiger partial charge on any atom is 0.246 e. The molecule has 0 aromatic heterocycles. The average Bonchev–Trinajstić information content (AvgIpc) is 2.72. The van der Waals surface area contributed by atoms with Gasteiger partial charge in [-0.05, 0) is 42.7 Å². The molecule has 6 heteroatoms. The highest BCUT2D eigenvalue weighted by Crippen LogP contribution is 2.26. The van der Waals surface area contributed by atoms with E-state index in [2.05, 4.69) is 15.5 Å². The number of nitrogens with one attached hydrogen (secondary N) is 2. The molecule has 0 saturated carbocycles. The molecule has 5 nitrogen and oxygen atoms in total. The number of hydrogen-bond donors (Lipinski definition) is 2. The molecule has 28 heavy (non-hydrogen) atoms. The minimum absolute atomic E-state index is 0.0939. The number of anilines is 1. The number of rotatable bonds is 8. The lowest BCUT2D eigenvalue weighted by Gasteiger charge is -2.37. The molecule has 0 aliphatic carbocycles. The second kappa shape index (κ2) is 10.3.